The third kappa shape index (κ3) is 1.66. The molecule has 0 aliphatic heterocycles. The maximum Gasteiger partial charge on any atom is 0.166 e. The molecule has 0 saturated heterocycles. The number of methoxy groups -OCH3 is 1. The van der Waals surface area contributed by atoms with Crippen molar-refractivity contribution in [2.45, 2.75) is 25.4 Å². The predicted molar refractivity (Wildman–Crippen MR) is 58.5 cm³/mol. The normalized spacial score (nSPS) is 17.7. The van der Waals surface area contributed by atoms with Gasteiger partial charge in [-0.2, -0.15) is 0 Å². The van der Waals surface area contributed by atoms with E-state index in [0.717, 1.165) is 5.56 Å². The highest BCUT2D eigenvalue weighted by atomic mass is 79.9. The van der Waals surface area contributed by atoms with E-state index in [-0.39, 0.29) is 5.75 Å². The Labute approximate surface area is 96.2 Å². The monoisotopic (exact) mass is 274 g/mol. The van der Waals surface area contributed by atoms with Gasteiger partial charge in [0.15, 0.2) is 11.6 Å². The SMILES string of the molecule is COc1c(F)cc(Br)c(C)c1C1(O)CC1. The maximum atomic E-state index is 13.6. The topological polar surface area (TPSA) is 29.5 Å². The summed E-state index contributed by atoms with van der Waals surface area (Å²) < 4.78 is 19.3. The van der Waals surface area contributed by atoms with Crippen molar-refractivity contribution < 1.29 is 14.2 Å². The quantitative estimate of drug-likeness (QED) is 0.899. The molecular weight excluding hydrogens is 263 g/mol. The highest BCUT2D eigenvalue weighted by Crippen LogP contribution is 2.51. The van der Waals surface area contributed by atoms with Crippen LogP contribution >= 0.6 is 15.9 Å². The van der Waals surface area contributed by atoms with Gasteiger partial charge in [-0.05, 0) is 31.4 Å². The first kappa shape index (κ1) is 10.9. The number of ether oxygens (including phenoxy) is 1. The molecule has 2 nitrogen and oxygen atoms in total. The fourth-order valence-electron chi connectivity index (χ4n) is 1.82. The van der Waals surface area contributed by atoms with Gasteiger partial charge in [-0.3, -0.25) is 0 Å². The number of hydrogen-bond acceptors (Lipinski definition) is 2. The lowest BCUT2D eigenvalue weighted by Crippen LogP contribution is -2.11. The third-order valence-corrected chi connectivity index (χ3v) is 3.65. The molecule has 0 bridgehead atoms. The van der Waals surface area contributed by atoms with E-state index in [2.05, 4.69) is 15.9 Å². The van der Waals surface area contributed by atoms with Gasteiger partial charge in [0.2, 0.25) is 0 Å². The standard InChI is InChI=1S/C11H12BrFO2/c1-6-7(12)5-8(13)10(15-2)9(6)11(14)3-4-11/h5,14H,3-4H2,1-2H3. The summed E-state index contributed by atoms with van der Waals surface area (Å²) in [4.78, 5) is 0. The van der Waals surface area contributed by atoms with Crippen LogP contribution in [0, 0.1) is 12.7 Å². The molecule has 0 atom stereocenters. The molecule has 0 aromatic heterocycles. The van der Waals surface area contributed by atoms with E-state index in [1.807, 2.05) is 6.92 Å². The van der Waals surface area contributed by atoms with E-state index in [1.54, 1.807) is 0 Å². The zero-order valence-electron chi connectivity index (χ0n) is 8.60. The molecule has 0 unspecified atom stereocenters. The average molecular weight is 275 g/mol. The van der Waals surface area contributed by atoms with Crippen molar-refractivity contribution in [2.75, 3.05) is 7.11 Å². The Morgan fingerprint density at radius 1 is 1.53 bits per heavy atom. The van der Waals surface area contributed by atoms with Gasteiger partial charge < -0.3 is 9.84 Å². The Morgan fingerprint density at radius 2 is 2.13 bits per heavy atom. The highest BCUT2D eigenvalue weighted by Gasteiger charge is 2.46. The zero-order chi connectivity index (χ0) is 11.2. The summed E-state index contributed by atoms with van der Waals surface area (Å²) in [6.07, 6.45) is 1.33. The minimum absolute atomic E-state index is 0.163. The van der Waals surface area contributed by atoms with Gasteiger partial charge in [0.1, 0.15) is 0 Å². The van der Waals surface area contributed by atoms with Gasteiger partial charge in [-0.15, -0.1) is 0 Å². The summed E-state index contributed by atoms with van der Waals surface area (Å²) in [7, 11) is 1.42. The lowest BCUT2D eigenvalue weighted by atomic mass is 10.00. The largest absolute Gasteiger partial charge is 0.493 e. The molecule has 0 heterocycles. The van der Waals surface area contributed by atoms with Crippen LogP contribution in [-0.2, 0) is 5.60 Å². The van der Waals surface area contributed by atoms with Crippen LogP contribution < -0.4 is 4.74 Å². The first-order chi connectivity index (χ1) is 6.99. The first-order valence-corrected chi connectivity index (χ1v) is 5.54. The molecule has 0 amide bonds. The second kappa shape index (κ2) is 3.46. The molecular formula is C11H12BrFO2. The van der Waals surface area contributed by atoms with Crippen molar-refractivity contribution in [1.82, 2.24) is 0 Å². The molecule has 1 N–H and O–H groups in total. The van der Waals surface area contributed by atoms with Crippen molar-refractivity contribution in [3.63, 3.8) is 0 Å². The van der Waals surface area contributed by atoms with E-state index in [4.69, 9.17) is 4.74 Å². The molecule has 0 radical (unpaired) electrons. The van der Waals surface area contributed by atoms with E-state index in [0.29, 0.717) is 22.9 Å². The second-order valence-corrected chi connectivity index (χ2v) is 4.76. The smallest absolute Gasteiger partial charge is 0.166 e. The number of aliphatic hydroxyl groups is 1. The number of rotatable bonds is 2. The van der Waals surface area contributed by atoms with Crippen LogP contribution in [0.4, 0.5) is 4.39 Å². The van der Waals surface area contributed by atoms with Gasteiger partial charge >= 0.3 is 0 Å². The van der Waals surface area contributed by atoms with Crippen LogP contribution in [0.25, 0.3) is 0 Å². The molecule has 1 saturated carbocycles. The molecule has 1 aromatic rings. The van der Waals surface area contributed by atoms with Gasteiger partial charge in [-0.25, -0.2) is 4.39 Å². The summed E-state index contributed by atoms with van der Waals surface area (Å²) in [6, 6.07) is 1.36. The van der Waals surface area contributed by atoms with Gasteiger partial charge in [0.05, 0.1) is 12.7 Å². The molecule has 1 aliphatic carbocycles. The Kier molecular flexibility index (Phi) is 2.51. The fraction of sp³-hybridized carbons (Fsp3) is 0.455. The zero-order valence-corrected chi connectivity index (χ0v) is 10.2. The van der Waals surface area contributed by atoms with Gasteiger partial charge in [-0.1, -0.05) is 15.9 Å². The van der Waals surface area contributed by atoms with E-state index < -0.39 is 11.4 Å². The second-order valence-electron chi connectivity index (χ2n) is 3.91. The lowest BCUT2D eigenvalue weighted by Gasteiger charge is -2.18. The van der Waals surface area contributed by atoms with Crippen molar-refractivity contribution >= 4 is 15.9 Å². The fourth-order valence-corrected chi connectivity index (χ4v) is 2.22. The van der Waals surface area contributed by atoms with E-state index in [9.17, 15) is 9.50 Å². The van der Waals surface area contributed by atoms with Crippen LogP contribution in [0.15, 0.2) is 10.5 Å². The Bertz CT molecular complexity index is 414. The van der Waals surface area contributed by atoms with E-state index >= 15 is 0 Å². The first-order valence-electron chi connectivity index (χ1n) is 4.75. The molecule has 1 fully saturated rings. The summed E-state index contributed by atoms with van der Waals surface area (Å²) in [6.45, 7) is 1.84. The van der Waals surface area contributed by atoms with Crippen molar-refractivity contribution in [3.8, 4) is 5.75 Å². The Morgan fingerprint density at radius 3 is 2.60 bits per heavy atom. The number of benzene rings is 1. The minimum Gasteiger partial charge on any atom is -0.493 e. The Hall–Kier alpha value is -0.610. The van der Waals surface area contributed by atoms with Gasteiger partial charge in [0.25, 0.3) is 0 Å². The van der Waals surface area contributed by atoms with Crippen LogP contribution in [0.2, 0.25) is 0 Å². The molecule has 15 heavy (non-hydrogen) atoms. The van der Waals surface area contributed by atoms with Gasteiger partial charge in [0, 0.05) is 10.0 Å². The summed E-state index contributed by atoms with van der Waals surface area (Å²) >= 11 is 3.27. The number of halogens is 2. The third-order valence-electron chi connectivity index (χ3n) is 2.82. The van der Waals surface area contributed by atoms with Crippen LogP contribution in [-0.4, -0.2) is 12.2 Å². The highest BCUT2D eigenvalue weighted by molar-refractivity contribution is 9.10. The molecule has 0 spiro atoms. The molecule has 4 heteroatoms. The van der Waals surface area contributed by atoms with E-state index in [1.165, 1.54) is 13.2 Å². The number of hydrogen-bond donors (Lipinski definition) is 1. The van der Waals surface area contributed by atoms with Crippen LogP contribution in [0.5, 0.6) is 5.75 Å². The summed E-state index contributed by atoms with van der Waals surface area (Å²) in [5.74, 6) is -0.277. The predicted octanol–water partition coefficient (Wildman–Crippen LogP) is 2.89. The lowest BCUT2D eigenvalue weighted by molar-refractivity contribution is 0.145. The van der Waals surface area contributed by atoms with Crippen molar-refractivity contribution in [3.05, 3.63) is 27.5 Å². The summed E-state index contributed by atoms with van der Waals surface area (Å²) in [5, 5.41) is 10.1. The minimum atomic E-state index is -0.889. The average Bonchev–Trinajstić information content (AvgIpc) is 2.90. The summed E-state index contributed by atoms with van der Waals surface area (Å²) in [5.41, 5.74) is 0.533. The molecule has 82 valence electrons. The Balaban J connectivity index is 2.68. The molecule has 1 aromatic carbocycles. The maximum absolute atomic E-state index is 13.6. The molecule has 2 rings (SSSR count). The van der Waals surface area contributed by atoms with Crippen LogP contribution in [0.1, 0.15) is 24.0 Å². The van der Waals surface area contributed by atoms with Crippen molar-refractivity contribution in [1.29, 1.82) is 0 Å². The molecule has 1 aliphatic rings. The van der Waals surface area contributed by atoms with Crippen molar-refractivity contribution in [2.24, 2.45) is 0 Å². The van der Waals surface area contributed by atoms with Crippen LogP contribution in [0.3, 0.4) is 0 Å².